The van der Waals surface area contributed by atoms with Crippen LogP contribution in [0.4, 0.5) is 0 Å². The molecule has 5 aliphatic rings. The summed E-state index contributed by atoms with van der Waals surface area (Å²) in [5.74, 6) is 2.31. The predicted molar refractivity (Wildman–Crippen MR) is 103 cm³/mol. The molecule has 1 spiro atoms. The standard InChI is InChI=1S/C23H29NO3/c1-3-22-9-6-17-16-5-4-15(24-26)13-18(16)14(2)12-19(17)20(22)7-10-23(22)11-8-21(25)27-23/h8,11,13,16-17,19-20,26H,2-7,9-10,12H2,1H3/t16-,17?,19?,20?,22+,23-/m1/s1. The lowest BCUT2D eigenvalue weighted by Gasteiger charge is -2.56. The molecule has 0 aromatic heterocycles. The van der Waals surface area contributed by atoms with Crippen LogP contribution in [0.1, 0.15) is 58.3 Å². The summed E-state index contributed by atoms with van der Waals surface area (Å²) in [7, 11) is 0. The normalized spacial score (nSPS) is 46.9. The molecule has 144 valence electrons. The van der Waals surface area contributed by atoms with Crippen LogP contribution in [0.5, 0.6) is 0 Å². The Kier molecular flexibility index (Phi) is 3.73. The Balaban J connectivity index is 1.51. The zero-order valence-corrected chi connectivity index (χ0v) is 16.1. The van der Waals surface area contributed by atoms with E-state index in [-0.39, 0.29) is 17.0 Å². The van der Waals surface area contributed by atoms with Crippen LogP contribution < -0.4 is 0 Å². The van der Waals surface area contributed by atoms with Gasteiger partial charge in [0.25, 0.3) is 0 Å². The molecule has 3 fully saturated rings. The summed E-state index contributed by atoms with van der Waals surface area (Å²) in [5, 5.41) is 12.6. The first-order valence-electron chi connectivity index (χ1n) is 10.6. The van der Waals surface area contributed by atoms with Crippen molar-refractivity contribution in [1.29, 1.82) is 0 Å². The van der Waals surface area contributed by atoms with Crippen molar-refractivity contribution in [3.05, 3.63) is 36.0 Å². The maximum Gasteiger partial charge on any atom is 0.331 e. The average Bonchev–Trinajstić information content (AvgIpc) is 3.23. The van der Waals surface area contributed by atoms with E-state index in [4.69, 9.17) is 4.74 Å². The molecule has 4 heteroatoms. The zero-order valence-electron chi connectivity index (χ0n) is 16.1. The molecule has 4 nitrogen and oxygen atoms in total. The molecule has 6 atom stereocenters. The summed E-state index contributed by atoms with van der Waals surface area (Å²) in [5.41, 5.74) is 3.08. The van der Waals surface area contributed by atoms with Gasteiger partial charge < -0.3 is 9.94 Å². The number of rotatable bonds is 1. The summed E-state index contributed by atoms with van der Waals surface area (Å²) in [6, 6.07) is 0. The Morgan fingerprint density at radius 3 is 2.85 bits per heavy atom. The van der Waals surface area contributed by atoms with Crippen LogP contribution in [0.3, 0.4) is 0 Å². The number of allylic oxidation sites excluding steroid dienone is 3. The number of nitrogens with zero attached hydrogens (tertiary/aromatic N) is 1. The second-order valence-electron chi connectivity index (χ2n) is 9.31. The van der Waals surface area contributed by atoms with E-state index in [2.05, 4.69) is 30.8 Å². The minimum Gasteiger partial charge on any atom is -0.451 e. The fourth-order valence-electron chi connectivity index (χ4n) is 7.66. The van der Waals surface area contributed by atoms with Crippen LogP contribution in [0.2, 0.25) is 0 Å². The van der Waals surface area contributed by atoms with Gasteiger partial charge in [0.2, 0.25) is 0 Å². The van der Waals surface area contributed by atoms with Crippen LogP contribution in [0.25, 0.3) is 0 Å². The van der Waals surface area contributed by atoms with Crippen molar-refractivity contribution in [3.63, 3.8) is 0 Å². The van der Waals surface area contributed by atoms with Crippen LogP contribution >= 0.6 is 0 Å². The number of hydrogen-bond donors (Lipinski definition) is 1. The minimum atomic E-state index is -0.366. The van der Waals surface area contributed by atoms with E-state index < -0.39 is 0 Å². The molecular formula is C23H29NO3. The largest absolute Gasteiger partial charge is 0.451 e. The van der Waals surface area contributed by atoms with Crippen molar-refractivity contribution < 1.29 is 14.7 Å². The van der Waals surface area contributed by atoms with E-state index in [9.17, 15) is 10.0 Å². The molecule has 0 bridgehead atoms. The Bertz CT molecular complexity index is 793. The minimum absolute atomic E-state index is 0.0880. The number of hydrogen-bond acceptors (Lipinski definition) is 4. The first kappa shape index (κ1) is 17.3. The van der Waals surface area contributed by atoms with Gasteiger partial charge in [0.1, 0.15) is 5.60 Å². The SMILES string of the molecule is C=C1CC2C(CC[C@@]3(CC)C2CC[C@@]32C=CC(=O)O2)[C@H]2CCC(=NO)C=C12. The van der Waals surface area contributed by atoms with Crippen LogP contribution in [0.15, 0.2) is 41.1 Å². The Hall–Kier alpha value is -1.84. The van der Waals surface area contributed by atoms with E-state index >= 15 is 0 Å². The molecule has 1 aliphatic heterocycles. The highest BCUT2D eigenvalue weighted by atomic mass is 16.6. The maximum absolute atomic E-state index is 12.0. The van der Waals surface area contributed by atoms with Crippen LogP contribution in [-0.2, 0) is 9.53 Å². The first-order valence-corrected chi connectivity index (χ1v) is 10.6. The summed E-state index contributed by atoms with van der Waals surface area (Å²) >= 11 is 0. The summed E-state index contributed by atoms with van der Waals surface area (Å²) in [6.45, 7) is 6.70. The molecular weight excluding hydrogens is 338 g/mol. The lowest BCUT2D eigenvalue weighted by atomic mass is 9.49. The molecule has 0 amide bonds. The van der Waals surface area contributed by atoms with E-state index in [1.807, 2.05) is 0 Å². The second kappa shape index (κ2) is 5.83. The fraction of sp³-hybridized carbons (Fsp3) is 0.652. The highest BCUT2D eigenvalue weighted by Gasteiger charge is 2.66. The number of carbonyl (C=O) groups excluding carboxylic acids is 1. The average molecular weight is 367 g/mol. The van der Waals surface area contributed by atoms with Crippen molar-refractivity contribution in [2.24, 2.45) is 34.2 Å². The van der Waals surface area contributed by atoms with E-state index in [0.717, 1.165) is 50.7 Å². The number of ether oxygens (including phenoxy) is 1. The number of carbonyl (C=O) groups is 1. The molecule has 3 saturated carbocycles. The van der Waals surface area contributed by atoms with Gasteiger partial charge in [-0.2, -0.15) is 0 Å². The third-order valence-electron chi connectivity index (χ3n) is 8.74. The van der Waals surface area contributed by atoms with Crippen molar-refractivity contribution in [3.8, 4) is 0 Å². The molecule has 27 heavy (non-hydrogen) atoms. The Labute approximate surface area is 161 Å². The van der Waals surface area contributed by atoms with Crippen molar-refractivity contribution in [1.82, 2.24) is 0 Å². The monoisotopic (exact) mass is 367 g/mol. The van der Waals surface area contributed by atoms with Crippen molar-refractivity contribution >= 4 is 11.7 Å². The quantitative estimate of drug-likeness (QED) is 0.411. The van der Waals surface area contributed by atoms with Crippen molar-refractivity contribution in [2.45, 2.75) is 63.9 Å². The molecule has 0 aromatic rings. The lowest BCUT2D eigenvalue weighted by molar-refractivity contribution is -0.163. The first-order chi connectivity index (χ1) is 13.0. The Morgan fingerprint density at radius 1 is 1.30 bits per heavy atom. The highest BCUT2D eigenvalue weighted by molar-refractivity contribution is 5.96. The van der Waals surface area contributed by atoms with E-state index in [0.29, 0.717) is 23.7 Å². The van der Waals surface area contributed by atoms with E-state index in [1.165, 1.54) is 17.6 Å². The summed E-state index contributed by atoms with van der Waals surface area (Å²) in [4.78, 5) is 12.0. The van der Waals surface area contributed by atoms with Crippen molar-refractivity contribution in [2.75, 3.05) is 0 Å². The van der Waals surface area contributed by atoms with Gasteiger partial charge in [-0.1, -0.05) is 24.2 Å². The summed E-state index contributed by atoms with van der Waals surface area (Å²) < 4.78 is 5.99. The van der Waals surface area contributed by atoms with Gasteiger partial charge in [0.05, 0.1) is 5.71 Å². The third kappa shape index (κ3) is 2.16. The van der Waals surface area contributed by atoms with Gasteiger partial charge in [-0.3, -0.25) is 0 Å². The van der Waals surface area contributed by atoms with Gasteiger partial charge >= 0.3 is 5.97 Å². The number of fused-ring (bicyclic) bond motifs is 6. The van der Waals surface area contributed by atoms with Gasteiger partial charge in [0.15, 0.2) is 0 Å². The zero-order chi connectivity index (χ0) is 18.8. The van der Waals surface area contributed by atoms with Crippen LogP contribution in [0, 0.1) is 29.1 Å². The van der Waals surface area contributed by atoms with E-state index in [1.54, 1.807) is 6.08 Å². The number of oxime groups is 1. The third-order valence-corrected chi connectivity index (χ3v) is 8.74. The maximum atomic E-state index is 12.0. The lowest BCUT2D eigenvalue weighted by Crippen LogP contribution is -2.53. The molecule has 4 aliphatic carbocycles. The molecule has 1 N–H and O–H groups in total. The van der Waals surface area contributed by atoms with Gasteiger partial charge in [-0.25, -0.2) is 4.79 Å². The predicted octanol–water partition coefficient (Wildman–Crippen LogP) is 4.80. The van der Waals surface area contributed by atoms with Crippen LogP contribution in [-0.4, -0.2) is 22.5 Å². The highest BCUT2D eigenvalue weighted by Crippen LogP contribution is 2.68. The molecule has 0 radical (unpaired) electrons. The smallest absolute Gasteiger partial charge is 0.331 e. The van der Waals surface area contributed by atoms with Gasteiger partial charge in [-0.05, 0) is 92.8 Å². The molecule has 0 saturated heterocycles. The Morgan fingerprint density at radius 2 is 2.15 bits per heavy atom. The molecule has 3 unspecified atom stereocenters. The number of esters is 1. The van der Waals surface area contributed by atoms with Gasteiger partial charge in [-0.15, -0.1) is 0 Å². The molecule has 5 rings (SSSR count). The van der Waals surface area contributed by atoms with Gasteiger partial charge in [0, 0.05) is 11.5 Å². The topological polar surface area (TPSA) is 58.9 Å². The molecule has 0 aromatic carbocycles. The summed E-state index contributed by atoms with van der Waals surface area (Å²) in [6.07, 6.45) is 14.3. The second-order valence-corrected chi connectivity index (χ2v) is 9.31. The molecule has 1 heterocycles. The fourth-order valence-corrected chi connectivity index (χ4v) is 7.66.